The van der Waals surface area contributed by atoms with Gasteiger partial charge >= 0.3 is 0 Å². The minimum absolute atomic E-state index is 0.0525. The summed E-state index contributed by atoms with van der Waals surface area (Å²) in [6.45, 7) is 1.34. The lowest BCUT2D eigenvalue weighted by atomic mass is 10.2. The average Bonchev–Trinajstić information content (AvgIpc) is 2.77. The normalized spacial score (nSPS) is 16.4. The van der Waals surface area contributed by atoms with Crippen molar-refractivity contribution in [2.24, 2.45) is 0 Å². The number of anilines is 1. The second kappa shape index (κ2) is 6.33. The van der Waals surface area contributed by atoms with Crippen molar-refractivity contribution in [3.63, 3.8) is 0 Å². The van der Waals surface area contributed by atoms with Crippen LogP contribution in [0.4, 0.5) is 5.69 Å². The Morgan fingerprint density at radius 3 is 2.44 bits per heavy atom. The maximum Gasteiger partial charge on any atom is 0.269 e. The molecule has 2 amide bonds. The van der Waals surface area contributed by atoms with Crippen LogP contribution >= 0.6 is 23.2 Å². The first kappa shape index (κ1) is 17.7. The molecule has 1 atom stereocenters. The molecule has 0 spiro atoms. The van der Waals surface area contributed by atoms with E-state index in [0.717, 1.165) is 0 Å². The highest BCUT2D eigenvalue weighted by Crippen LogP contribution is 2.32. The third-order valence-electron chi connectivity index (χ3n) is 3.77. The molecule has 0 aliphatic carbocycles. The minimum atomic E-state index is -4.07. The Hall–Kier alpha value is -2.09. The van der Waals surface area contributed by atoms with E-state index in [9.17, 15) is 18.0 Å². The molecule has 1 aliphatic rings. The van der Waals surface area contributed by atoms with Gasteiger partial charge in [-0.1, -0.05) is 35.3 Å². The average molecular weight is 399 g/mol. The molecule has 0 saturated heterocycles. The van der Waals surface area contributed by atoms with Gasteiger partial charge in [0.1, 0.15) is 10.9 Å². The van der Waals surface area contributed by atoms with Gasteiger partial charge < -0.3 is 5.32 Å². The van der Waals surface area contributed by atoms with Crippen LogP contribution in [-0.2, 0) is 14.8 Å². The van der Waals surface area contributed by atoms with E-state index in [1.165, 1.54) is 43.3 Å². The van der Waals surface area contributed by atoms with Gasteiger partial charge in [-0.3, -0.25) is 9.59 Å². The van der Waals surface area contributed by atoms with Crippen LogP contribution in [0.3, 0.4) is 0 Å². The van der Waals surface area contributed by atoms with E-state index >= 15 is 0 Å². The zero-order chi connectivity index (χ0) is 18.4. The Labute approximate surface area is 154 Å². The lowest BCUT2D eigenvalue weighted by Crippen LogP contribution is -2.45. The lowest BCUT2D eigenvalue weighted by molar-refractivity contribution is -0.118. The predicted molar refractivity (Wildman–Crippen MR) is 94.4 cm³/mol. The van der Waals surface area contributed by atoms with Crippen molar-refractivity contribution in [3.05, 3.63) is 58.1 Å². The molecule has 3 rings (SSSR count). The van der Waals surface area contributed by atoms with Crippen LogP contribution in [0.5, 0.6) is 0 Å². The molecule has 0 aromatic heterocycles. The molecule has 9 heteroatoms. The summed E-state index contributed by atoms with van der Waals surface area (Å²) < 4.78 is 25.7. The number of fused-ring (bicyclic) bond motifs is 1. The molecule has 130 valence electrons. The summed E-state index contributed by atoms with van der Waals surface area (Å²) in [5.74, 6) is -1.39. The summed E-state index contributed by atoms with van der Waals surface area (Å²) in [6.07, 6.45) is 0. The SMILES string of the molecule is CC(C(=O)Nc1ccc(Cl)c(Cl)c1)N1C(=O)c2ccccc2S1(=O)=O. The number of rotatable bonds is 3. The third kappa shape index (κ3) is 2.99. The molecule has 0 fully saturated rings. The van der Waals surface area contributed by atoms with E-state index in [4.69, 9.17) is 23.2 Å². The molecule has 1 heterocycles. The number of nitrogens with zero attached hydrogens (tertiary/aromatic N) is 1. The van der Waals surface area contributed by atoms with Gasteiger partial charge in [-0.2, -0.15) is 0 Å². The number of hydrogen-bond acceptors (Lipinski definition) is 4. The van der Waals surface area contributed by atoms with Gasteiger partial charge in [-0.15, -0.1) is 0 Å². The van der Waals surface area contributed by atoms with Gasteiger partial charge in [0.2, 0.25) is 5.91 Å². The zero-order valence-electron chi connectivity index (χ0n) is 12.9. The van der Waals surface area contributed by atoms with Crippen LogP contribution in [-0.4, -0.2) is 30.6 Å². The van der Waals surface area contributed by atoms with Crippen LogP contribution in [0.1, 0.15) is 17.3 Å². The van der Waals surface area contributed by atoms with Crippen LogP contribution in [0.2, 0.25) is 10.0 Å². The Balaban J connectivity index is 1.88. The third-order valence-corrected chi connectivity index (χ3v) is 6.42. The highest BCUT2D eigenvalue weighted by atomic mass is 35.5. The Bertz CT molecular complexity index is 991. The number of benzene rings is 2. The molecule has 25 heavy (non-hydrogen) atoms. The summed E-state index contributed by atoms with van der Waals surface area (Å²) >= 11 is 11.7. The fourth-order valence-electron chi connectivity index (χ4n) is 2.51. The maximum atomic E-state index is 12.6. The minimum Gasteiger partial charge on any atom is -0.324 e. The van der Waals surface area contributed by atoms with E-state index in [1.807, 2.05) is 0 Å². The molecule has 6 nitrogen and oxygen atoms in total. The van der Waals surface area contributed by atoms with Crippen LogP contribution in [0.15, 0.2) is 47.4 Å². The highest BCUT2D eigenvalue weighted by molar-refractivity contribution is 7.90. The molecule has 2 aromatic rings. The van der Waals surface area contributed by atoms with Gasteiger partial charge in [-0.25, -0.2) is 12.7 Å². The first-order chi connectivity index (χ1) is 11.7. The van der Waals surface area contributed by atoms with Crippen LogP contribution < -0.4 is 5.32 Å². The number of halogens is 2. The molecule has 0 saturated carbocycles. The van der Waals surface area contributed by atoms with Crippen molar-refractivity contribution in [1.82, 2.24) is 4.31 Å². The summed E-state index contributed by atoms with van der Waals surface area (Å²) in [4.78, 5) is 24.8. The number of nitrogens with one attached hydrogen (secondary N) is 1. The van der Waals surface area contributed by atoms with Crippen molar-refractivity contribution >= 4 is 50.7 Å². The summed E-state index contributed by atoms with van der Waals surface area (Å²) in [5, 5.41) is 3.09. The lowest BCUT2D eigenvalue weighted by Gasteiger charge is -2.22. The Morgan fingerprint density at radius 1 is 1.12 bits per heavy atom. The Morgan fingerprint density at radius 2 is 1.80 bits per heavy atom. The molecule has 1 aliphatic heterocycles. The fraction of sp³-hybridized carbons (Fsp3) is 0.125. The monoisotopic (exact) mass is 398 g/mol. The largest absolute Gasteiger partial charge is 0.324 e. The second-order valence-electron chi connectivity index (χ2n) is 5.40. The van der Waals surface area contributed by atoms with E-state index in [2.05, 4.69) is 5.32 Å². The molecular formula is C16H12Cl2N2O4S. The smallest absolute Gasteiger partial charge is 0.269 e. The van der Waals surface area contributed by atoms with Gasteiger partial charge in [0.05, 0.1) is 15.6 Å². The number of amides is 2. The molecular weight excluding hydrogens is 387 g/mol. The van der Waals surface area contributed by atoms with E-state index < -0.39 is 27.9 Å². The highest BCUT2D eigenvalue weighted by Gasteiger charge is 2.45. The quantitative estimate of drug-likeness (QED) is 0.860. The Kier molecular flexibility index (Phi) is 4.49. The maximum absolute atomic E-state index is 12.6. The molecule has 0 radical (unpaired) electrons. The van der Waals surface area contributed by atoms with Crippen LogP contribution in [0, 0.1) is 0 Å². The number of carbonyl (C=O) groups is 2. The fourth-order valence-corrected chi connectivity index (χ4v) is 4.54. The predicted octanol–water partition coefficient (Wildman–Crippen LogP) is 3.17. The van der Waals surface area contributed by atoms with Gasteiger partial charge in [0, 0.05) is 5.69 Å². The van der Waals surface area contributed by atoms with Crippen molar-refractivity contribution < 1.29 is 18.0 Å². The van der Waals surface area contributed by atoms with Crippen molar-refractivity contribution in [3.8, 4) is 0 Å². The first-order valence-electron chi connectivity index (χ1n) is 7.17. The summed E-state index contributed by atoms with van der Waals surface area (Å²) in [5.41, 5.74) is 0.393. The van der Waals surface area contributed by atoms with Crippen molar-refractivity contribution in [1.29, 1.82) is 0 Å². The van der Waals surface area contributed by atoms with Crippen LogP contribution in [0.25, 0.3) is 0 Å². The number of carbonyl (C=O) groups excluding carboxylic acids is 2. The second-order valence-corrected chi connectivity index (χ2v) is 7.99. The summed E-state index contributed by atoms with van der Waals surface area (Å²) in [6, 6.07) is 9.06. The van der Waals surface area contributed by atoms with Gasteiger partial charge in [-0.05, 0) is 37.3 Å². The van der Waals surface area contributed by atoms with Crippen molar-refractivity contribution in [2.75, 3.05) is 5.32 Å². The van der Waals surface area contributed by atoms with Crippen molar-refractivity contribution in [2.45, 2.75) is 17.9 Å². The number of sulfonamides is 1. The zero-order valence-corrected chi connectivity index (χ0v) is 15.2. The van der Waals surface area contributed by atoms with Gasteiger partial charge in [0.15, 0.2) is 0 Å². The van der Waals surface area contributed by atoms with E-state index in [1.54, 1.807) is 6.07 Å². The molecule has 1 N–H and O–H groups in total. The van der Waals surface area contributed by atoms with Gasteiger partial charge in [0.25, 0.3) is 15.9 Å². The summed E-state index contributed by atoms with van der Waals surface area (Å²) in [7, 11) is -4.07. The number of hydrogen-bond donors (Lipinski definition) is 1. The molecule has 1 unspecified atom stereocenters. The standard InChI is InChI=1S/C16H12Cl2N2O4S/c1-9(15(21)19-10-6-7-12(17)13(18)8-10)20-16(22)11-4-2-3-5-14(11)25(20,23)24/h2-9H,1H3,(H,19,21). The molecule has 0 bridgehead atoms. The first-order valence-corrected chi connectivity index (χ1v) is 9.37. The van der Waals surface area contributed by atoms with E-state index in [0.29, 0.717) is 15.0 Å². The molecule has 2 aromatic carbocycles. The van der Waals surface area contributed by atoms with E-state index in [-0.39, 0.29) is 15.5 Å². The topological polar surface area (TPSA) is 83.6 Å².